The maximum atomic E-state index is 13.5. The SMILES string of the molecule is Nc1cc(F)cc(C(=O)NCc2ncc[nH]2)c1F. The zero-order chi connectivity index (χ0) is 13.1. The highest BCUT2D eigenvalue weighted by atomic mass is 19.1. The number of nitrogen functional groups attached to an aromatic ring is 1. The lowest BCUT2D eigenvalue weighted by atomic mass is 10.1. The second-order valence-electron chi connectivity index (χ2n) is 3.58. The number of H-pyrrole nitrogens is 1. The Hall–Kier alpha value is -2.44. The van der Waals surface area contributed by atoms with Crippen molar-refractivity contribution in [1.82, 2.24) is 15.3 Å². The molecule has 5 nitrogen and oxygen atoms in total. The van der Waals surface area contributed by atoms with Gasteiger partial charge in [0.2, 0.25) is 0 Å². The molecule has 0 unspecified atom stereocenters. The van der Waals surface area contributed by atoms with Gasteiger partial charge in [0.1, 0.15) is 11.6 Å². The Bertz CT molecular complexity index is 569. The first-order valence-corrected chi connectivity index (χ1v) is 5.09. The van der Waals surface area contributed by atoms with Crippen LogP contribution in [-0.4, -0.2) is 15.9 Å². The lowest BCUT2D eigenvalue weighted by Gasteiger charge is -2.06. The molecule has 0 aliphatic heterocycles. The van der Waals surface area contributed by atoms with E-state index in [9.17, 15) is 13.6 Å². The summed E-state index contributed by atoms with van der Waals surface area (Å²) < 4.78 is 26.6. The summed E-state index contributed by atoms with van der Waals surface area (Å²) in [5, 5.41) is 2.40. The third-order valence-corrected chi connectivity index (χ3v) is 2.28. The summed E-state index contributed by atoms with van der Waals surface area (Å²) in [5.74, 6) is -1.95. The molecule has 4 N–H and O–H groups in total. The summed E-state index contributed by atoms with van der Waals surface area (Å²) >= 11 is 0. The quantitative estimate of drug-likeness (QED) is 0.718. The first-order valence-electron chi connectivity index (χ1n) is 5.09. The van der Waals surface area contributed by atoms with E-state index in [1.54, 1.807) is 6.20 Å². The highest BCUT2D eigenvalue weighted by Gasteiger charge is 2.15. The van der Waals surface area contributed by atoms with Crippen LogP contribution >= 0.6 is 0 Å². The van der Waals surface area contributed by atoms with Gasteiger partial charge in [0.25, 0.3) is 5.91 Å². The molecule has 0 bridgehead atoms. The van der Waals surface area contributed by atoms with Crippen molar-refractivity contribution in [3.05, 3.63) is 47.5 Å². The molecule has 0 fully saturated rings. The number of nitrogens with zero attached hydrogens (tertiary/aromatic N) is 1. The summed E-state index contributed by atoms with van der Waals surface area (Å²) in [6, 6.07) is 1.61. The van der Waals surface area contributed by atoms with Gasteiger partial charge in [0, 0.05) is 12.4 Å². The van der Waals surface area contributed by atoms with Gasteiger partial charge >= 0.3 is 0 Å². The van der Waals surface area contributed by atoms with Crippen LogP contribution in [0.5, 0.6) is 0 Å². The minimum Gasteiger partial charge on any atom is -0.396 e. The monoisotopic (exact) mass is 252 g/mol. The molecule has 0 aliphatic carbocycles. The van der Waals surface area contributed by atoms with E-state index < -0.39 is 28.8 Å². The summed E-state index contributed by atoms with van der Waals surface area (Å²) in [6.07, 6.45) is 3.10. The number of rotatable bonds is 3. The van der Waals surface area contributed by atoms with Crippen molar-refractivity contribution < 1.29 is 13.6 Å². The molecule has 0 spiro atoms. The Kier molecular flexibility index (Phi) is 3.22. The van der Waals surface area contributed by atoms with Crippen molar-refractivity contribution in [2.24, 2.45) is 0 Å². The van der Waals surface area contributed by atoms with Gasteiger partial charge in [0.05, 0.1) is 17.8 Å². The van der Waals surface area contributed by atoms with Crippen LogP contribution in [0.25, 0.3) is 0 Å². The maximum Gasteiger partial charge on any atom is 0.254 e. The molecule has 0 saturated heterocycles. The van der Waals surface area contributed by atoms with Crippen molar-refractivity contribution in [2.75, 3.05) is 5.73 Å². The molecule has 7 heteroatoms. The molecule has 1 aromatic carbocycles. The Morgan fingerprint density at radius 3 is 2.89 bits per heavy atom. The van der Waals surface area contributed by atoms with E-state index in [0.717, 1.165) is 12.1 Å². The summed E-state index contributed by atoms with van der Waals surface area (Å²) in [5.41, 5.74) is 4.40. The van der Waals surface area contributed by atoms with E-state index >= 15 is 0 Å². The maximum absolute atomic E-state index is 13.5. The first kappa shape index (κ1) is 12.0. The second-order valence-corrected chi connectivity index (χ2v) is 3.58. The molecule has 1 aromatic heterocycles. The molecule has 2 aromatic rings. The van der Waals surface area contributed by atoms with Crippen molar-refractivity contribution in [3.63, 3.8) is 0 Å². The normalized spacial score (nSPS) is 10.3. The number of nitrogens with two attached hydrogens (primary N) is 1. The van der Waals surface area contributed by atoms with E-state index in [4.69, 9.17) is 5.73 Å². The largest absolute Gasteiger partial charge is 0.396 e. The summed E-state index contributed by atoms with van der Waals surface area (Å²) in [7, 11) is 0. The van der Waals surface area contributed by atoms with Crippen LogP contribution in [0.15, 0.2) is 24.5 Å². The second kappa shape index (κ2) is 4.82. The van der Waals surface area contributed by atoms with Crippen LogP contribution in [0.4, 0.5) is 14.5 Å². The Balaban J connectivity index is 2.14. The van der Waals surface area contributed by atoms with Crippen LogP contribution in [0.1, 0.15) is 16.2 Å². The van der Waals surface area contributed by atoms with E-state index in [1.165, 1.54) is 6.20 Å². The number of anilines is 1. The lowest BCUT2D eigenvalue weighted by Crippen LogP contribution is -2.25. The molecule has 0 saturated carbocycles. The van der Waals surface area contributed by atoms with Crippen molar-refractivity contribution in [1.29, 1.82) is 0 Å². The minimum atomic E-state index is -0.937. The fraction of sp³-hybridized carbons (Fsp3) is 0.0909. The number of imidazole rings is 1. The number of benzene rings is 1. The molecule has 0 aliphatic rings. The summed E-state index contributed by atoms with van der Waals surface area (Å²) in [6.45, 7) is 0.0850. The fourth-order valence-corrected chi connectivity index (χ4v) is 1.43. The lowest BCUT2D eigenvalue weighted by molar-refractivity contribution is 0.0945. The van der Waals surface area contributed by atoms with Gasteiger partial charge in [-0.3, -0.25) is 4.79 Å². The van der Waals surface area contributed by atoms with E-state index in [1.807, 2.05) is 0 Å². The number of carbonyl (C=O) groups is 1. The van der Waals surface area contributed by atoms with Gasteiger partial charge < -0.3 is 16.0 Å². The van der Waals surface area contributed by atoms with Gasteiger partial charge in [-0.15, -0.1) is 0 Å². The molecule has 1 heterocycles. The number of aromatic amines is 1. The number of nitrogens with one attached hydrogen (secondary N) is 2. The van der Waals surface area contributed by atoms with Crippen molar-refractivity contribution in [3.8, 4) is 0 Å². The van der Waals surface area contributed by atoms with Gasteiger partial charge in [-0.25, -0.2) is 13.8 Å². The molecule has 0 radical (unpaired) electrons. The third kappa shape index (κ3) is 2.45. The molecule has 94 valence electrons. The molecule has 1 amide bonds. The zero-order valence-electron chi connectivity index (χ0n) is 9.21. The van der Waals surface area contributed by atoms with Crippen LogP contribution < -0.4 is 11.1 Å². The number of halogens is 2. The Morgan fingerprint density at radius 2 is 2.22 bits per heavy atom. The molecular formula is C11H10F2N4O. The van der Waals surface area contributed by atoms with E-state index in [0.29, 0.717) is 5.82 Å². The van der Waals surface area contributed by atoms with Gasteiger partial charge in [-0.1, -0.05) is 0 Å². The smallest absolute Gasteiger partial charge is 0.254 e. The first-order chi connectivity index (χ1) is 8.58. The van der Waals surface area contributed by atoms with Gasteiger partial charge in [0.15, 0.2) is 5.82 Å². The number of carbonyl (C=O) groups excluding carboxylic acids is 1. The standard InChI is InChI=1S/C11H10F2N4O/c12-6-3-7(10(13)8(14)4-6)11(18)17-5-9-15-1-2-16-9/h1-4H,5,14H2,(H,15,16)(H,17,18). The Labute approximate surface area is 101 Å². The van der Waals surface area contributed by atoms with Crippen LogP contribution in [-0.2, 0) is 6.54 Å². The van der Waals surface area contributed by atoms with Crippen LogP contribution in [0.3, 0.4) is 0 Å². The Morgan fingerprint density at radius 1 is 1.44 bits per heavy atom. The van der Waals surface area contributed by atoms with Crippen molar-refractivity contribution >= 4 is 11.6 Å². The highest BCUT2D eigenvalue weighted by molar-refractivity contribution is 5.95. The number of aromatic nitrogens is 2. The van der Waals surface area contributed by atoms with Crippen LogP contribution in [0.2, 0.25) is 0 Å². The average Bonchev–Trinajstić information content (AvgIpc) is 2.83. The average molecular weight is 252 g/mol. The van der Waals surface area contributed by atoms with Crippen molar-refractivity contribution in [2.45, 2.75) is 6.54 Å². The highest BCUT2D eigenvalue weighted by Crippen LogP contribution is 2.17. The van der Waals surface area contributed by atoms with E-state index in [2.05, 4.69) is 15.3 Å². The summed E-state index contributed by atoms with van der Waals surface area (Å²) in [4.78, 5) is 18.3. The predicted molar refractivity (Wildman–Crippen MR) is 60.5 cm³/mol. The molecule has 18 heavy (non-hydrogen) atoms. The molecular weight excluding hydrogens is 242 g/mol. The van der Waals surface area contributed by atoms with Gasteiger partial charge in [-0.05, 0) is 12.1 Å². The van der Waals surface area contributed by atoms with Gasteiger partial charge in [-0.2, -0.15) is 0 Å². The topological polar surface area (TPSA) is 83.8 Å². The predicted octanol–water partition coefficient (Wildman–Crippen LogP) is 1.20. The zero-order valence-corrected chi connectivity index (χ0v) is 9.21. The molecule has 0 atom stereocenters. The van der Waals surface area contributed by atoms with E-state index in [-0.39, 0.29) is 6.54 Å². The number of hydrogen-bond donors (Lipinski definition) is 3. The van der Waals surface area contributed by atoms with Crippen LogP contribution in [0, 0.1) is 11.6 Å². The number of hydrogen-bond acceptors (Lipinski definition) is 3. The number of amides is 1. The minimum absolute atomic E-state index is 0.0850. The molecule has 2 rings (SSSR count). The fourth-order valence-electron chi connectivity index (χ4n) is 1.43. The third-order valence-electron chi connectivity index (χ3n) is 2.28.